The number of amides is 1. The third-order valence-electron chi connectivity index (χ3n) is 2.88. The molecule has 1 atom stereocenters. The second-order valence-corrected chi connectivity index (χ2v) is 4.51. The van der Waals surface area contributed by atoms with E-state index < -0.39 is 18.0 Å². The lowest BCUT2D eigenvalue weighted by molar-refractivity contribution is -0.125. The van der Waals surface area contributed by atoms with Crippen LogP contribution in [-0.4, -0.2) is 22.5 Å². The van der Waals surface area contributed by atoms with Gasteiger partial charge in [-0.3, -0.25) is 4.79 Å². The number of nitrogens with two attached hydrogens (primary N) is 1. The lowest BCUT2D eigenvalue weighted by Gasteiger charge is -2.08. The molecule has 5 nitrogen and oxygen atoms in total. The van der Waals surface area contributed by atoms with Crippen LogP contribution in [0.1, 0.15) is 22.8 Å². The zero-order valence-corrected chi connectivity index (χ0v) is 11.2. The zero-order chi connectivity index (χ0) is 14.5. The van der Waals surface area contributed by atoms with Gasteiger partial charge in [0.25, 0.3) is 5.91 Å². The molecule has 2 N–H and O–H groups in total. The summed E-state index contributed by atoms with van der Waals surface area (Å²) in [6.07, 6.45) is 2.54. The van der Waals surface area contributed by atoms with Crippen molar-refractivity contribution in [3.63, 3.8) is 0 Å². The fourth-order valence-corrected chi connectivity index (χ4v) is 1.74. The number of aromatic nitrogens is 1. The van der Waals surface area contributed by atoms with Gasteiger partial charge in [0, 0.05) is 18.9 Å². The van der Waals surface area contributed by atoms with Crippen LogP contribution in [0.4, 0.5) is 0 Å². The van der Waals surface area contributed by atoms with E-state index in [1.165, 1.54) is 6.92 Å². The summed E-state index contributed by atoms with van der Waals surface area (Å²) in [4.78, 5) is 22.6. The molecule has 0 saturated carbocycles. The highest BCUT2D eigenvalue weighted by molar-refractivity contribution is 5.91. The number of esters is 1. The maximum Gasteiger partial charge on any atom is 0.340 e. The largest absolute Gasteiger partial charge is 0.449 e. The van der Waals surface area contributed by atoms with Crippen molar-refractivity contribution in [2.75, 3.05) is 0 Å². The van der Waals surface area contributed by atoms with Crippen LogP contribution in [0.25, 0.3) is 0 Å². The monoisotopic (exact) mass is 272 g/mol. The number of ether oxygens (including phenoxy) is 1. The first-order valence-corrected chi connectivity index (χ1v) is 6.26. The minimum atomic E-state index is -0.931. The van der Waals surface area contributed by atoms with Crippen molar-refractivity contribution in [3.05, 3.63) is 59.9 Å². The number of benzene rings is 1. The predicted octanol–water partition coefficient (Wildman–Crippen LogP) is 1.57. The summed E-state index contributed by atoms with van der Waals surface area (Å²) < 4.78 is 6.81. The average Bonchev–Trinajstić information content (AvgIpc) is 2.88. The van der Waals surface area contributed by atoms with E-state index in [-0.39, 0.29) is 0 Å². The van der Waals surface area contributed by atoms with Crippen LogP contribution in [-0.2, 0) is 16.1 Å². The van der Waals surface area contributed by atoms with Crippen molar-refractivity contribution in [1.29, 1.82) is 0 Å². The Morgan fingerprint density at radius 2 is 1.95 bits per heavy atom. The van der Waals surface area contributed by atoms with Gasteiger partial charge < -0.3 is 15.0 Å². The summed E-state index contributed by atoms with van der Waals surface area (Å²) in [5, 5.41) is 0. The third kappa shape index (κ3) is 3.47. The molecule has 2 rings (SSSR count). The van der Waals surface area contributed by atoms with Crippen molar-refractivity contribution >= 4 is 11.9 Å². The molecule has 2 aromatic rings. The van der Waals surface area contributed by atoms with Gasteiger partial charge in [-0.1, -0.05) is 30.3 Å². The standard InChI is InChI=1S/C15H16N2O3/c1-11(14(16)18)20-15(19)13-7-8-17(10-13)9-12-5-3-2-4-6-12/h2-8,10-11H,9H2,1H3,(H2,16,18). The van der Waals surface area contributed by atoms with Gasteiger partial charge in [0.1, 0.15) is 0 Å². The Balaban J connectivity index is 2.02. The number of hydrogen-bond donors (Lipinski definition) is 1. The van der Waals surface area contributed by atoms with Crippen LogP contribution in [0.2, 0.25) is 0 Å². The molecule has 0 aliphatic rings. The molecular weight excluding hydrogens is 256 g/mol. The molecule has 0 radical (unpaired) electrons. The molecule has 5 heteroatoms. The van der Waals surface area contributed by atoms with Crippen molar-refractivity contribution in [2.24, 2.45) is 5.73 Å². The maximum atomic E-state index is 11.8. The van der Waals surface area contributed by atoms with Crippen molar-refractivity contribution in [2.45, 2.75) is 19.6 Å². The Kier molecular flexibility index (Phi) is 4.20. The van der Waals surface area contributed by atoms with Gasteiger partial charge in [0.05, 0.1) is 5.56 Å². The Bertz CT molecular complexity index is 605. The summed E-state index contributed by atoms with van der Waals surface area (Å²) in [7, 11) is 0. The minimum absolute atomic E-state index is 0.397. The molecule has 0 fully saturated rings. The van der Waals surface area contributed by atoms with Crippen LogP contribution in [0, 0.1) is 0 Å². The second kappa shape index (κ2) is 6.06. The number of hydrogen-bond acceptors (Lipinski definition) is 3. The van der Waals surface area contributed by atoms with Crippen molar-refractivity contribution in [1.82, 2.24) is 4.57 Å². The van der Waals surface area contributed by atoms with Crippen LogP contribution in [0.15, 0.2) is 48.8 Å². The molecule has 104 valence electrons. The van der Waals surface area contributed by atoms with E-state index in [2.05, 4.69) is 0 Å². The van der Waals surface area contributed by atoms with Crippen molar-refractivity contribution in [3.8, 4) is 0 Å². The molecule has 1 heterocycles. The average molecular weight is 272 g/mol. The first-order valence-electron chi connectivity index (χ1n) is 6.26. The minimum Gasteiger partial charge on any atom is -0.449 e. The zero-order valence-electron chi connectivity index (χ0n) is 11.2. The lowest BCUT2D eigenvalue weighted by Crippen LogP contribution is -2.30. The van der Waals surface area contributed by atoms with Crippen LogP contribution < -0.4 is 5.73 Å². The highest BCUT2D eigenvalue weighted by Gasteiger charge is 2.16. The van der Waals surface area contributed by atoms with Gasteiger partial charge in [-0.05, 0) is 18.6 Å². The van der Waals surface area contributed by atoms with Crippen LogP contribution in [0.3, 0.4) is 0 Å². The number of nitrogens with zero attached hydrogens (tertiary/aromatic N) is 1. The lowest BCUT2D eigenvalue weighted by atomic mass is 10.2. The molecule has 0 aliphatic heterocycles. The van der Waals surface area contributed by atoms with E-state index in [4.69, 9.17) is 10.5 Å². The predicted molar refractivity (Wildman–Crippen MR) is 74.0 cm³/mol. The van der Waals surface area contributed by atoms with Gasteiger partial charge in [-0.25, -0.2) is 4.79 Å². The van der Waals surface area contributed by atoms with Crippen molar-refractivity contribution < 1.29 is 14.3 Å². The van der Waals surface area contributed by atoms with E-state index >= 15 is 0 Å². The van der Waals surface area contributed by atoms with E-state index in [9.17, 15) is 9.59 Å². The van der Waals surface area contributed by atoms with Gasteiger partial charge in [0.15, 0.2) is 6.10 Å². The third-order valence-corrected chi connectivity index (χ3v) is 2.88. The van der Waals surface area contributed by atoms with Crippen LogP contribution >= 0.6 is 0 Å². The number of rotatable bonds is 5. The number of carbonyl (C=O) groups excluding carboxylic acids is 2. The first kappa shape index (κ1) is 13.9. The van der Waals surface area contributed by atoms with Gasteiger partial charge in [-0.2, -0.15) is 0 Å². The Labute approximate surface area is 117 Å². The molecule has 1 aromatic carbocycles. The molecule has 1 amide bonds. The Morgan fingerprint density at radius 1 is 1.25 bits per heavy atom. The molecule has 1 unspecified atom stereocenters. The fraction of sp³-hybridized carbons (Fsp3) is 0.200. The molecular formula is C15H16N2O3. The van der Waals surface area contributed by atoms with Gasteiger partial charge >= 0.3 is 5.97 Å². The molecule has 20 heavy (non-hydrogen) atoms. The second-order valence-electron chi connectivity index (χ2n) is 4.51. The summed E-state index contributed by atoms with van der Waals surface area (Å²) in [5.41, 5.74) is 6.58. The topological polar surface area (TPSA) is 74.3 Å². The van der Waals surface area contributed by atoms with E-state index in [1.807, 2.05) is 34.9 Å². The SMILES string of the molecule is CC(OC(=O)c1ccn(Cc2ccccc2)c1)C(N)=O. The molecule has 0 spiro atoms. The van der Waals surface area contributed by atoms with E-state index in [0.29, 0.717) is 12.1 Å². The number of primary amides is 1. The highest BCUT2D eigenvalue weighted by atomic mass is 16.5. The normalized spacial score (nSPS) is 11.8. The first-order chi connectivity index (χ1) is 9.56. The maximum absolute atomic E-state index is 11.8. The summed E-state index contributed by atoms with van der Waals surface area (Å²) in [5.74, 6) is -1.22. The Morgan fingerprint density at radius 3 is 2.60 bits per heavy atom. The molecule has 0 aliphatic carbocycles. The molecule has 1 aromatic heterocycles. The van der Waals surface area contributed by atoms with Gasteiger partial charge in [0.2, 0.25) is 0 Å². The van der Waals surface area contributed by atoms with Crippen LogP contribution in [0.5, 0.6) is 0 Å². The fourth-order valence-electron chi connectivity index (χ4n) is 1.74. The molecule has 0 bridgehead atoms. The van der Waals surface area contributed by atoms with E-state index in [0.717, 1.165) is 5.56 Å². The van der Waals surface area contributed by atoms with Gasteiger partial charge in [-0.15, -0.1) is 0 Å². The summed E-state index contributed by atoms with van der Waals surface area (Å²) in [6, 6.07) is 11.5. The highest BCUT2D eigenvalue weighted by Crippen LogP contribution is 2.08. The number of carbonyl (C=O) groups is 2. The quantitative estimate of drug-likeness (QED) is 0.839. The summed E-state index contributed by atoms with van der Waals surface area (Å²) in [6.45, 7) is 2.11. The molecule has 0 saturated heterocycles. The Hall–Kier alpha value is -2.56. The summed E-state index contributed by atoms with van der Waals surface area (Å²) >= 11 is 0. The smallest absolute Gasteiger partial charge is 0.340 e. The van der Waals surface area contributed by atoms with E-state index in [1.54, 1.807) is 18.5 Å².